The van der Waals surface area contributed by atoms with Gasteiger partial charge in [-0.15, -0.1) is 0 Å². The summed E-state index contributed by atoms with van der Waals surface area (Å²) in [6, 6.07) is 110. The van der Waals surface area contributed by atoms with E-state index >= 15 is 0 Å². The summed E-state index contributed by atoms with van der Waals surface area (Å²) >= 11 is 0. The van der Waals surface area contributed by atoms with Crippen LogP contribution in [0, 0.1) is 0 Å². The SMILES string of the molecule is c1cc(-c2ccc3ccccc3c2)cc(-c2c3ccccc3c(-c3ccc4ccccc4c3)c3ccccc23)c1.c1ccc2c(-c3c4ccccc4c(-c4cccc5oc6c7ccccc7ccc6c45)c4ccccc34)cccc2c1. The van der Waals surface area contributed by atoms with E-state index in [9.17, 15) is 0 Å². The lowest BCUT2D eigenvalue weighted by atomic mass is 9.84. The quantitative estimate of drug-likeness (QED) is 0.157. The lowest BCUT2D eigenvalue weighted by Gasteiger charge is -2.19. The summed E-state index contributed by atoms with van der Waals surface area (Å²) < 4.78 is 6.59. The molecule has 0 spiro atoms. The Bertz CT molecular complexity index is 5250. The molecular formula is C80H50O. The van der Waals surface area contributed by atoms with Crippen LogP contribution in [0.2, 0.25) is 0 Å². The van der Waals surface area contributed by atoms with Crippen molar-refractivity contribution in [1.29, 1.82) is 0 Å². The molecule has 0 fully saturated rings. The molecule has 0 unspecified atom stereocenters. The summed E-state index contributed by atoms with van der Waals surface area (Å²) in [5, 5.41) is 22.4. The largest absolute Gasteiger partial charge is 0.455 e. The average Bonchev–Trinajstić information content (AvgIpc) is 3.95. The van der Waals surface area contributed by atoms with Gasteiger partial charge in [0, 0.05) is 16.2 Å². The van der Waals surface area contributed by atoms with Crippen LogP contribution in [-0.4, -0.2) is 0 Å². The summed E-state index contributed by atoms with van der Waals surface area (Å²) in [4.78, 5) is 0. The highest BCUT2D eigenvalue weighted by atomic mass is 16.3. The van der Waals surface area contributed by atoms with E-state index in [1.807, 2.05) is 0 Å². The van der Waals surface area contributed by atoms with E-state index < -0.39 is 0 Å². The zero-order chi connectivity index (χ0) is 53.4. The first kappa shape index (κ1) is 46.5. The Kier molecular flexibility index (Phi) is 11.0. The second-order valence-electron chi connectivity index (χ2n) is 21.4. The van der Waals surface area contributed by atoms with Crippen molar-refractivity contribution in [2.45, 2.75) is 0 Å². The van der Waals surface area contributed by atoms with Gasteiger partial charge in [0.15, 0.2) is 0 Å². The van der Waals surface area contributed by atoms with Crippen LogP contribution >= 0.6 is 0 Å². The van der Waals surface area contributed by atoms with Crippen LogP contribution in [0.3, 0.4) is 0 Å². The van der Waals surface area contributed by atoms with Gasteiger partial charge in [-0.3, -0.25) is 0 Å². The van der Waals surface area contributed by atoms with Crippen LogP contribution in [0.25, 0.3) is 164 Å². The normalized spacial score (nSPS) is 11.7. The van der Waals surface area contributed by atoms with Crippen LogP contribution in [0.5, 0.6) is 0 Å². The molecule has 17 rings (SSSR count). The van der Waals surface area contributed by atoms with Crippen molar-refractivity contribution in [3.63, 3.8) is 0 Å². The van der Waals surface area contributed by atoms with Crippen molar-refractivity contribution in [1.82, 2.24) is 0 Å². The topological polar surface area (TPSA) is 13.1 Å². The van der Waals surface area contributed by atoms with Gasteiger partial charge < -0.3 is 4.42 Å². The van der Waals surface area contributed by atoms with Crippen molar-refractivity contribution in [2.75, 3.05) is 0 Å². The zero-order valence-electron chi connectivity index (χ0n) is 44.3. The summed E-state index contributed by atoms with van der Waals surface area (Å²) in [5.41, 5.74) is 14.4. The maximum absolute atomic E-state index is 6.59. The fraction of sp³-hybridized carbons (Fsp3) is 0. The van der Waals surface area contributed by atoms with Crippen molar-refractivity contribution >= 4 is 108 Å². The Morgan fingerprint density at radius 1 is 0.185 bits per heavy atom. The fourth-order valence-electron chi connectivity index (χ4n) is 13.2. The number of furan rings is 1. The Balaban J connectivity index is 0.000000134. The number of hydrogen-bond acceptors (Lipinski definition) is 1. The second kappa shape index (κ2) is 19.1. The first-order valence-electron chi connectivity index (χ1n) is 28.0. The van der Waals surface area contributed by atoms with Gasteiger partial charge in [0.25, 0.3) is 0 Å². The van der Waals surface area contributed by atoms with Gasteiger partial charge in [-0.1, -0.05) is 273 Å². The van der Waals surface area contributed by atoms with E-state index in [1.54, 1.807) is 0 Å². The number of fused-ring (bicyclic) bond motifs is 12. The maximum Gasteiger partial charge on any atom is 0.143 e. The first-order chi connectivity index (χ1) is 40.2. The van der Waals surface area contributed by atoms with Crippen LogP contribution in [0.4, 0.5) is 0 Å². The highest BCUT2D eigenvalue weighted by Crippen LogP contribution is 2.49. The van der Waals surface area contributed by atoms with Crippen LogP contribution in [0.1, 0.15) is 0 Å². The van der Waals surface area contributed by atoms with Crippen molar-refractivity contribution in [3.8, 4) is 55.6 Å². The highest BCUT2D eigenvalue weighted by Gasteiger charge is 2.22. The van der Waals surface area contributed by atoms with Gasteiger partial charge in [0.1, 0.15) is 11.2 Å². The molecule has 0 N–H and O–H groups in total. The average molecular weight is 1030 g/mol. The lowest BCUT2D eigenvalue weighted by molar-refractivity contribution is 0.673. The molecule has 0 atom stereocenters. The van der Waals surface area contributed by atoms with E-state index in [4.69, 9.17) is 4.42 Å². The molecule has 0 saturated heterocycles. The second-order valence-corrected chi connectivity index (χ2v) is 21.4. The van der Waals surface area contributed by atoms with Crippen LogP contribution in [-0.2, 0) is 0 Å². The Morgan fingerprint density at radius 2 is 0.543 bits per heavy atom. The molecule has 1 nitrogen and oxygen atoms in total. The van der Waals surface area contributed by atoms with Gasteiger partial charge in [0.2, 0.25) is 0 Å². The van der Waals surface area contributed by atoms with E-state index in [-0.39, 0.29) is 0 Å². The molecule has 1 heteroatoms. The lowest BCUT2D eigenvalue weighted by Crippen LogP contribution is -1.92. The Morgan fingerprint density at radius 3 is 1.12 bits per heavy atom. The third-order valence-corrected chi connectivity index (χ3v) is 16.9. The third-order valence-electron chi connectivity index (χ3n) is 16.9. The third kappa shape index (κ3) is 7.70. The molecule has 0 aliphatic carbocycles. The molecule has 0 saturated carbocycles. The maximum atomic E-state index is 6.59. The fourth-order valence-corrected chi connectivity index (χ4v) is 13.2. The van der Waals surface area contributed by atoms with Crippen LogP contribution in [0.15, 0.2) is 308 Å². The van der Waals surface area contributed by atoms with Crippen LogP contribution < -0.4 is 0 Å². The van der Waals surface area contributed by atoms with Gasteiger partial charge >= 0.3 is 0 Å². The summed E-state index contributed by atoms with van der Waals surface area (Å²) in [6.45, 7) is 0. The molecule has 1 heterocycles. The standard InChI is InChI=1S/C40H24O.C40H26/c1-3-14-27-25(11-1)13-9-20-29(27)37-30-16-5-7-18-32(30)38(33-19-8-6-17-31(33)37)34-21-10-22-36-39(34)35-24-23-26-12-2-4-15-28(26)40(35)41-36;1-3-12-29-24-32(22-20-27(29)10-1)31-14-9-15-33(26-31)39-35-16-5-7-18-37(35)40(38-19-8-6-17-36(38)39)34-23-21-28-11-2-4-13-30(28)25-34/h1-24H;1-26H. The van der Waals surface area contributed by atoms with E-state index in [2.05, 4.69) is 303 Å². The molecule has 0 aliphatic rings. The molecule has 17 aromatic rings. The number of benzene rings is 16. The molecule has 0 bridgehead atoms. The van der Waals surface area contributed by atoms with E-state index in [0.29, 0.717) is 0 Å². The van der Waals surface area contributed by atoms with Gasteiger partial charge in [-0.05, 0) is 167 Å². The summed E-state index contributed by atoms with van der Waals surface area (Å²) in [6.07, 6.45) is 0. The Hall–Kier alpha value is -10.6. The van der Waals surface area contributed by atoms with Gasteiger partial charge in [-0.25, -0.2) is 0 Å². The molecule has 376 valence electrons. The molecule has 0 amide bonds. The van der Waals surface area contributed by atoms with Crippen molar-refractivity contribution < 1.29 is 4.42 Å². The minimum Gasteiger partial charge on any atom is -0.455 e. The number of rotatable bonds is 5. The van der Waals surface area contributed by atoms with E-state index in [0.717, 1.165) is 21.9 Å². The first-order valence-corrected chi connectivity index (χ1v) is 28.0. The number of hydrogen-bond donors (Lipinski definition) is 0. The van der Waals surface area contributed by atoms with Crippen molar-refractivity contribution in [2.24, 2.45) is 0 Å². The van der Waals surface area contributed by atoms with E-state index in [1.165, 1.54) is 142 Å². The highest BCUT2D eigenvalue weighted by molar-refractivity contribution is 6.28. The minimum absolute atomic E-state index is 0.917. The molecular weight excluding hydrogens is 977 g/mol. The molecule has 16 aromatic carbocycles. The molecule has 0 radical (unpaired) electrons. The summed E-state index contributed by atoms with van der Waals surface area (Å²) in [5.74, 6) is 0. The molecule has 0 aliphatic heterocycles. The zero-order valence-corrected chi connectivity index (χ0v) is 44.3. The van der Waals surface area contributed by atoms with Gasteiger partial charge in [-0.2, -0.15) is 0 Å². The predicted octanol–water partition coefficient (Wildman–Crippen LogP) is 22.8. The summed E-state index contributed by atoms with van der Waals surface area (Å²) in [7, 11) is 0. The Labute approximate surface area is 468 Å². The van der Waals surface area contributed by atoms with Crippen molar-refractivity contribution in [3.05, 3.63) is 303 Å². The predicted molar refractivity (Wildman–Crippen MR) is 347 cm³/mol. The van der Waals surface area contributed by atoms with Gasteiger partial charge in [0.05, 0.1) is 0 Å². The minimum atomic E-state index is 0.917. The molecule has 1 aromatic heterocycles. The molecule has 81 heavy (non-hydrogen) atoms. The monoisotopic (exact) mass is 1030 g/mol. The smallest absolute Gasteiger partial charge is 0.143 e.